The molecule has 1 atom stereocenters. The van der Waals surface area contributed by atoms with E-state index in [0.29, 0.717) is 12.7 Å². The van der Waals surface area contributed by atoms with Crippen LogP contribution in [0.2, 0.25) is 0 Å². The summed E-state index contributed by atoms with van der Waals surface area (Å²) in [6.07, 6.45) is 2.80. The van der Waals surface area contributed by atoms with Gasteiger partial charge in [-0.25, -0.2) is 0 Å². The molecule has 0 aliphatic carbocycles. The number of halogens is 1. The van der Waals surface area contributed by atoms with Crippen LogP contribution >= 0.6 is 11.6 Å². The van der Waals surface area contributed by atoms with Crippen molar-refractivity contribution in [3.8, 4) is 0 Å². The second-order valence-corrected chi connectivity index (χ2v) is 4.55. The highest BCUT2D eigenvalue weighted by molar-refractivity contribution is 6.64. The van der Waals surface area contributed by atoms with Gasteiger partial charge in [0.05, 0.1) is 0 Å². The van der Waals surface area contributed by atoms with E-state index in [9.17, 15) is 14.4 Å². The second-order valence-electron chi connectivity index (χ2n) is 4.18. The molecule has 102 valence electrons. The summed E-state index contributed by atoms with van der Waals surface area (Å²) in [6, 6.07) is 5.70. The minimum atomic E-state index is -0.714. The number of unbranched alkanes of at least 4 members (excludes halogenated alkanes) is 1. The predicted molar refractivity (Wildman–Crippen MR) is 73.5 cm³/mol. The maximum absolute atomic E-state index is 12.0. The van der Waals surface area contributed by atoms with Crippen LogP contribution in [0.4, 0.5) is 0 Å². The number of carbonyl (C=O) groups is 3. The smallest absolute Gasteiger partial charge is 0.252 e. The van der Waals surface area contributed by atoms with Gasteiger partial charge in [0.25, 0.3) is 5.91 Å². The summed E-state index contributed by atoms with van der Waals surface area (Å²) in [6.45, 7) is 1.99. The van der Waals surface area contributed by atoms with Gasteiger partial charge >= 0.3 is 0 Å². The molecule has 1 aromatic rings. The number of aldehydes is 1. The minimum absolute atomic E-state index is 0.247. The number of benzene rings is 1. The zero-order chi connectivity index (χ0) is 14.3. The number of carbonyl (C=O) groups excluding carboxylic acids is 3. The maximum Gasteiger partial charge on any atom is 0.252 e. The Balaban J connectivity index is 2.81. The van der Waals surface area contributed by atoms with Gasteiger partial charge in [0.15, 0.2) is 6.29 Å². The van der Waals surface area contributed by atoms with Gasteiger partial charge < -0.3 is 5.32 Å². The fourth-order valence-corrected chi connectivity index (χ4v) is 1.86. The summed E-state index contributed by atoms with van der Waals surface area (Å²) < 4.78 is 0. The van der Waals surface area contributed by atoms with Crippen molar-refractivity contribution in [1.82, 2.24) is 5.32 Å². The molecule has 0 aromatic heterocycles. The lowest BCUT2D eigenvalue weighted by atomic mass is 10.1. The predicted octanol–water partition coefficient (Wildman–Crippen LogP) is 2.55. The summed E-state index contributed by atoms with van der Waals surface area (Å²) in [5, 5.41) is 1.97. The normalized spacial score (nSPS) is 11.7. The molecule has 4 nitrogen and oxygen atoms in total. The number of hydrogen-bond donors (Lipinski definition) is 1. The minimum Gasteiger partial charge on any atom is -0.341 e. The average molecular weight is 282 g/mol. The lowest BCUT2D eigenvalue weighted by molar-refractivity contribution is -0.113. The molecule has 0 aliphatic rings. The first-order valence-corrected chi connectivity index (χ1v) is 6.52. The lowest BCUT2D eigenvalue weighted by Gasteiger charge is -2.15. The van der Waals surface area contributed by atoms with E-state index in [2.05, 4.69) is 5.32 Å². The van der Waals surface area contributed by atoms with E-state index in [-0.39, 0.29) is 11.1 Å². The molecular weight excluding hydrogens is 266 g/mol. The number of rotatable bonds is 7. The molecule has 1 rings (SSSR count). The highest BCUT2D eigenvalue weighted by Crippen LogP contribution is 2.09. The van der Waals surface area contributed by atoms with Crippen LogP contribution in [-0.2, 0) is 4.79 Å². The van der Waals surface area contributed by atoms with Gasteiger partial charge in [0.1, 0.15) is 6.04 Å². The average Bonchev–Trinajstić information content (AvgIpc) is 2.42. The van der Waals surface area contributed by atoms with Crippen LogP contribution in [0, 0.1) is 0 Å². The van der Waals surface area contributed by atoms with Crippen molar-refractivity contribution in [3.63, 3.8) is 0 Å². The van der Waals surface area contributed by atoms with Gasteiger partial charge in [-0.1, -0.05) is 38.0 Å². The molecule has 0 radical (unpaired) electrons. The van der Waals surface area contributed by atoms with Gasteiger partial charge in [-0.15, -0.1) is 0 Å². The molecule has 1 aromatic carbocycles. The summed E-state index contributed by atoms with van der Waals surface area (Å²) in [5.74, 6) is -0.460. The van der Waals surface area contributed by atoms with E-state index in [1.807, 2.05) is 6.92 Å². The monoisotopic (exact) mass is 281 g/mol. The molecule has 1 N–H and O–H groups in total. The third-order valence-corrected chi connectivity index (χ3v) is 3.02. The van der Waals surface area contributed by atoms with Crippen molar-refractivity contribution >= 4 is 29.0 Å². The summed E-state index contributed by atoms with van der Waals surface area (Å²) in [7, 11) is 0. The quantitative estimate of drug-likeness (QED) is 0.617. The van der Waals surface area contributed by atoms with Gasteiger partial charge in [-0.3, -0.25) is 14.4 Å². The van der Waals surface area contributed by atoms with Gasteiger partial charge in [0.2, 0.25) is 5.24 Å². The number of amides is 1. The maximum atomic E-state index is 12.0. The van der Waals surface area contributed by atoms with Crippen LogP contribution in [0.1, 0.15) is 46.9 Å². The Kier molecular flexibility index (Phi) is 6.22. The Bertz CT molecular complexity index is 474. The van der Waals surface area contributed by atoms with Crippen LogP contribution < -0.4 is 5.32 Å². The van der Waals surface area contributed by atoms with Crippen molar-refractivity contribution < 1.29 is 14.4 Å². The fourth-order valence-electron chi connectivity index (χ4n) is 1.69. The molecule has 0 bridgehead atoms. The van der Waals surface area contributed by atoms with Crippen molar-refractivity contribution in [2.75, 3.05) is 0 Å². The molecule has 1 unspecified atom stereocenters. The first-order valence-electron chi connectivity index (χ1n) is 6.14. The standard InChI is InChI=1S/C14H16ClNO3/c1-2-3-8-12(13(15)18)16-14(19)11-7-5-4-6-10(11)9-17/h4-7,9,12H,2-3,8H2,1H3,(H,16,19). The van der Waals surface area contributed by atoms with E-state index < -0.39 is 17.2 Å². The third kappa shape index (κ3) is 4.48. The third-order valence-electron chi connectivity index (χ3n) is 2.76. The lowest BCUT2D eigenvalue weighted by Crippen LogP contribution is -2.39. The SMILES string of the molecule is CCCCC(NC(=O)c1ccccc1C=O)C(=O)Cl. The highest BCUT2D eigenvalue weighted by atomic mass is 35.5. The van der Waals surface area contributed by atoms with Crippen LogP contribution in [0.3, 0.4) is 0 Å². The van der Waals surface area contributed by atoms with Crippen molar-refractivity contribution in [2.45, 2.75) is 32.2 Å². The van der Waals surface area contributed by atoms with E-state index in [1.54, 1.807) is 18.2 Å². The number of nitrogens with one attached hydrogen (secondary N) is 1. The highest BCUT2D eigenvalue weighted by Gasteiger charge is 2.20. The first-order chi connectivity index (χ1) is 9.10. The molecule has 0 spiro atoms. The molecule has 0 heterocycles. The van der Waals surface area contributed by atoms with Gasteiger partial charge in [-0.05, 0) is 24.1 Å². The fraction of sp³-hybridized carbons (Fsp3) is 0.357. The molecular formula is C14H16ClNO3. The molecule has 0 fully saturated rings. The molecule has 19 heavy (non-hydrogen) atoms. The van der Waals surface area contributed by atoms with Crippen LogP contribution in [0.15, 0.2) is 24.3 Å². The van der Waals surface area contributed by atoms with Crippen molar-refractivity contribution in [1.29, 1.82) is 0 Å². The van der Waals surface area contributed by atoms with E-state index in [4.69, 9.17) is 11.6 Å². The van der Waals surface area contributed by atoms with E-state index in [1.165, 1.54) is 6.07 Å². The van der Waals surface area contributed by atoms with Crippen molar-refractivity contribution in [2.24, 2.45) is 0 Å². The summed E-state index contributed by atoms with van der Waals surface area (Å²) >= 11 is 5.46. The Morgan fingerprint density at radius 2 is 2.05 bits per heavy atom. The van der Waals surface area contributed by atoms with E-state index >= 15 is 0 Å². The summed E-state index contributed by atoms with van der Waals surface area (Å²) in [5.41, 5.74) is 0.535. The summed E-state index contributed by atoms with van der Waals surface area (Å²) in [4.78, 5) is 34.1. The Labute approximate surface area is 117 Å². The molecule has 0 aliphatic heterocycles. The van der Waals surface area contributed by atoms with Crippen LogP contribution in [-0.4, -0.2) is 23.5 Å². The van der Waals surface area contributed by atoms with Crippen LogP contribution in [0.5, 0.6) is 0 Å². The van der Waals surface area contributed by atoms with Crippen LogP contribution in [0.25, 0.3) is 0 Å². The molecule has 1 amide bonds. The molecule has 0 saturated carbocycles. The van der Waals surface area contributed by atoms with Crippen molar-refractivity contribution in [3.05, 3.63) is 35.4 Å². The van der Waals surface area contributed by atoms with Gasteiger partial charge in [-0.2, -0.15) is 0 Å². The topological polar surface area (TPSA) is 63.2 Å². The Morgan fingerprint density at radius 1 is 1.37 bits per heavy atom. The largest absolute Gasteiger partial charge is 0.341 e. The Morgan fingerprint density at radius 3 is 2.63 bits per heavy atom. The zero-order valence-corrected chi connectivity index (χ0v) is 11.4. The second kappa shape index (κ2) is 7.69. The first kappa shape index (κ1) is 15.4. The van der Waals surface area contributed by atoms with Gasteiger partial charge in [0, 0.05) is 11.1 Å². The molecule has 5 heteroatoms. The zero-order valence-electron chi connectivity index (χ0n) is 10.7. The number of hydrogen-bond acceptors (Lipinski definition) is 3. The van der Waals surface area contributed by atoms with E-state index in [0.717, 1.165) is 12.8 Å². The Hall–Kier alpha value is -1.68. The molecule has 0 saturated heterocycles.